The van der Waals surface area contributed by atoms with Crippen LogP contribution in [0.25, 0.3) is 0 Å². The van der Waals surface area contributed by atoms with Gasteiger partial charge in [0.15, 0.2) is 0 Å². The molecular weight excluding hydrogens is 210 g/mol. The standard InChI is InChI=1S/C14H27N3/c1-12(17-10-8-16-9-11-17)14(15-2)13-6-4-3-5-7-13/h13-16H,1,3-11H2,2H3/t14-/m1/s1. The van der Waals surface area contributed by atoms with Gasteiger partial charge in [-0.25, -0.2) is 0 Å². The highest BCUT2D eigenvalue weighted by atomic mass is 15.2. The largest absolute Gasteiger partial charge is 0.371 e. The molecule has 3 nitrogen and oxygen atoms in total. The van der Waals surface area contributed by atoms with Crippen molar-refractivity contribution in [2.45, 2.75) is 38.1 Å². The summed E-state index contributed by atoms with van der Waals surface area (Å²) in [6.07, 6.45) is 6.97. The zero-order valence-electron chi connectivity index (χ0n) is 11.2. The molecule has 17 heavy (non-hydrogen) atoms. The van der Waals surface area contributed by atoms with E-state index in [0.29, 0.717) is 6.04 Å². The molecule has 0 aromatic rings. The fourth-order valence-corrected chi connectivity index (χ4v) is 3.29. The van der Waals surface area contributed by atoms with E-state index < -0.39 is 0 Å². The van der Waals surface area contributed by atoms with Crippen LogP contribution in [-0.2, 0) is 0 Å². The average molecular weight is 237 g/mol. The number of piperazine rings is 1. The Kier molecular flexibility index (Phi) is 4.86. The Bertz CT molecular complexity index is 240. The summed E-state index contributed by atoms with van der Waals surface area (Å²) in [6.45, 7) is 8.78. The minimum absolute atomic E-state index is 0.494. The van der Waals surface area contributed by atoms with E-state index in [4.69, 9.17) is 0 Å². The van der Waals surface area contributed by atoms with Crippen molar-refractivity contribution in [3.63, 3.8) is 0 Å². The van der Waals surface area contributed by atoms with Crippen LogP contribution in [0.2, 0.25) is 0 Å². The lowest BCUT2D eigenvalue weighted by molar-refractivity contribution is 0.227. The molecule has 2 rings (SSSR count). The molecule has 0 bridgehead atoms. The van der Waals surface area contributed by atoms with Crippen LogP contribution < -0.4 is 10.6 Å². The van der Waals surface area contributed by atoms with Crippen LogP contribution in [0.5, 0.6) is 0 Å². The van der Waals surface area contributed by atoms with E-state index in [1.54, 1.807) is 0 Å². The van der Waals surface area contributed by atoms with Crippen LogP contribution in [0.15, 0.2) is 12.3 Å². The predicted molar refractivity (Wildman–Crippen MR) is 73.0 cm³/mol. The third-order valence-corrected chi connectivity index (χ3v) is 4.31. The Morgan fingerprint density at radius 2 is 1.88 bits per heavy atom. The van der Waals surface area contributed by atoms with Crippen molar-refractivity contribution in [1.29, 1.82) is 0 Å². The quantitative estimate of drug-likeness (QED) is 0.777. The molecule has 2 N–H and O–H groups in total. The summed E-state index contributed by atoms with van der Waals surface area (Å²) in [4.78, 5) is 2.46. The van der Waals surface area contributed by atoms with E-state index in [9.17, 15) is 0 Å². The molecule has 98 valence electrons. The normalized spacial score (nSPS) is 24.6. The lowest BCUT2D eigenvalue weighted by Crippen LogP contribution is -2.49. The summed E-state index contributed by atoms with van der Waals surface area (Å²) in [5.41, 5.74) is 1.32. The molecule has 1 heterocycles. The van der Waals surface area contributed by atoms with Crippen LogP contribution in [0, 0.1) is 5.92 Å². The van der Waals surface area contributed by atoms with Crippen LogP contribution in [-0.4, -0.2) is 44.2 Å². The maximum atomic E-state index is 4.36. The first-order valence-electron chi connectivity index (χ1n) is 7.14. The maximum Gasteiger partial charge on any atom is 0.0491 e. The summed E-state index contributed by atoms with van der Waals surface area (Å²) in [7, 11) is 2.09. The fraction of sp³-hybridized carbons (Fsp3) is 0.857. The van der Waals surface area contributed by atoms with Gasteiger partial charge in [0.25, 0.3) is 0 Å². The highest BCUT2D eigenvalue weighted by Crippen LogP contribution is 2.29. The van der Waals surface area contributed by atoms with E-state index in [-0.39, 0.29) is 0 Å². The lowest BCUT2D eigenvalue weighted by atomic mass is 9.82. The zero-order valence-corrected chi connectivity index (χ0v) is 11.2. The number of likely N-dealkylation sites (N-methyl/N-ethyl adjacent to an activating group) is 1. The highest BCUT2D eigenvalue weighted by Gasteiger charge is 2.27. The number of hydrogen-bond acceptors (Lipinski definition) is 3. The van der Waals surface area contributed by atoms with Crippen molar-refractivity contribution in [3.05, 3.63) is 12.3 Å². The smallest absolute Gasteiger partial charge is 0.0491 e. The van der Waals surface area contributed by atoms with Crippen molar-refractivity contribution < 1.29 is 0 Å². The molecule has 0 amide bonds. The fourth-order valence-electron chi connectivity index (χ4n) is 3.29. The van der Waals surface area contributed by atoms with Crippen LogP contribution in [0.1, 0.15) is 32.1 Å². The van der Waals surface area contributed by atoms with Gasteiger partial charge >= 0.3 is 0 Å². The second kappa shape index (κ2) is 6.41. The zero-order chi connectivity index (χ0) is 12.1. The first-order chi connectivity index (χ1) is 8.33. The topological polar surface area (TPSA) is 27.3 Å². The van der Waals surface area contributed by atoms with Gasteiger partial charge in [0.2, 0.25) is 0 Å². The monoisotopic (exact) mass is 237 g/mol. The Morgan fingerprint density at radius 1 is 1.24 bits per heavy atom. The number of hydrogen-bond donors (Lipinski definition) is 2. The van der Waals surface area contributed by atoms with E-state index >= 15 is 0 Å². The van der Waals surface area contributed by atoms with Gasteiger partial charge in [0.1, 0.15) is 0 Å². The average Bonchev–Trinajstić information content (AvgIpc) is 2.42. The van der Waals surface area contributed by atoms with E-state index in [1.165, 1.54) is 37.8 Å². The van der Waals surface area contributed by atoms with Crippen molar-refractivity contribution >= 4 is 0 Å². The Balaban J connectivity index is 1.93. The lowest BCUT2D eigenvalue weighted by Gasteiger charge is -2.39. The Hall–Kier alpha value is -0.540. The SMILES string of the molecule is C=C([C@@H](NC)C1CCCCC1)N1CCNCC1. The van der Waals surface area contributed by atoms with E-state index in [0.717, 1.165) is 32.1 Å². The molecule has 0 aromatic carbocycles. The summed E-state index contributed by atoms with van der Waals surface area (Å²) in [5.74, 6) is 0.802. The molecule has 0 spiro atoms. The van der Waals surface area contributed by atoms with Crippen molar-refractivity contribution in [3.8, 4) is 0 Å². The number of nitrogens with one attached hydrogen (secondary N) is 2. The molecule has 0 radical (unpaired) electrons. The highest BCUT2D eigenvalue weighted by molar-refractivity contribution is 5.08. The van der Waals surface area contributed by atoms with Gasteiger partial charge in [-0.1, -0.05) is 25.8 Å². The van der Waals surface area contributed by atoms with Crippen molar-refractivity contribution in [2.24, 2.45) is 5.92 Å². The van der Waals surface area contributed by atoms with Gasteiger partial charge in [0.05, 0.1) is 0 Å². The molecule has 3 heteroatoms. The number of rotatable bonds is 4. The molecule has 1 saturated carbocycles. The van der Waals surface area contributed by atoms with Crippen LogP contribution in [0.4, 0.5) is 0 Å². The first kappa shape index (κ1) is 12.9. The van der Waals surface area contributed by atoms with Crippen LogP contribution in [0.3, 0.4) is 0 Å². The molecule has 1 aliphatic carbocycles. The molecule has 1 aliphatic heterocycles. The first-order valence-corrected chi connectivity index (χ1v) is 7.14. The van der Waals surface area contributed by atoms with Gasteiger partial charge in [-0.2, -0.15) is 0 Å². The molecular formula is C14H27N3. The summed E-state index contributed by atoms with van der Waals surface area (Å²) in [6, 6.07) is 0.494. The summed E-state index contributed by atoms with van der Waals surface area (Å²) in [5, 5.41) is 6.91. The molecule has 2 fully saturated rings. The third-order valence-electron chi connectivity index (χ3n) is 4.31. The molecule has 1 atom stereocenters. The van der Waals surface area contributed by atoms with Gasteiger partial charge in [-0.15, -0.1) is 0 Å². The Morgan fingerprint density at radius 3 is 2.47 bits per heavy atom. The minimum atomic E-state index is 0.494. The second-order valence-corrected chi connectivity index (χ2v) is 5.39. The van der Waals surface area contributed by atoms with Crippen molar-refractivity contribution in [2.75, 3.05) is 33.2 Å². The van der Waals surface area contributed by atoms with Gasteiger partial charge in [0, 0.05) is 37.9 Å². The minimum Gasteiger partial charge on any atom is -0.371 e. The van der Waals surface area contributed by atoms with Gasteiger partial charge in [-0.05, 0) is 25.8 Å². The van der Waals surface area contributed by atoms with E-state index in [1.807, 2.05) is 0 Å². The number of nitrogens with zero attached hydrogens (tertiary/aromatic N) is 1. The predicted octanol–water partition coefficient (Wildman–Crippen LogP) is 1.57. The molecule has 0 unspecified atom stereocenters. The summed E-state index contributed by atoms with van der Waals surface area (Å²) >= 11 is 0. The molecule has 0 aromatic heterocycles. The van der Waals surface area contributed by atoms with Gasteiger partial charge < -0.3 is 15.5 Å². The van der Waals surface area contributed by atoms with Crippen molar-refractivity contribution in [1.82, 2.24) is 15.5 Å². The van der Waals surface area contributed by atoms with E-state index in [2.05, 4.69) is 29.2 Å². The Labute approximate surface area is 106 Å². The molecule has 2 aliphatic rings. The van der Waals surface area contributed by atoms with Gasteiger partial charge in [-0.3, -0.25) is 0 Å². The van der Waals surface area contributed by atoms with Crippen LogP contribution >= 0.6 is 0 Å². The maximum absolute atomic E-state index is 4.36. The third kappa shape index (κ3) is 3.23. The molecule has 1 saturated heterocycles. The second-order valence-electron chi connectivity index (χ2n) is 5.39. The summed E-state index contributed by atoms with van der Waals surface area (Å²) < 4.78 is 0.